The first-order chi connectivity index (χ1) is 11.7. The van der Waals surface area contributed by atoms with E-state index in [1.807, 2.05) is 0 Å². The SMILES string of the molecule is CC(=O)Nc1ccccc1[As](=O)(O)OO.OB(O)c1cccc(Cl)c1. The number of halogens is 1. The summed E-state index contributed by atoms with van der Waals surface area (Å²) in [5, 5.41) is 28.5. The summed E-state index contributed by atoms with van der Waals surface area (Å²) in [4.78, 5) is 10.8. The van der Waals surface area contributed by atoms with Gasteiger partial charge in [0.15, 0.2) is 0 Å². The van der Waals surface area contributed by atoms with Crippen molar-refractivity contribution in [3.63, 3.8) is 0 Å². The fraction of sp³-hybridized carbons (Fsp3) is 0.0714. The molecule has 0 aliphatic carbocycles. The van der Waals surface area contributed by atoms with Gasteiger partial charge in [-0.25, -0.2) is 0 Å². The minimum Gasteiger partial charge on any atom is -0.423 e. The maximum absolute atomic E-state index is 11.4. The summed E-state index contributed by atoms with van der Waals surface area (Å²) in [6, 6.07) is 12.3. The number of nitrogens with one attached hydrogen (secondary N) is 1. The first kappa shape index (κ1) is 21.5. The number of para-hydroxylation sites is 1. The van der Waals surface area contributed by atoms with Crippen molar-refractivity contribution in [1.82, 2.24) is 0 Å². The van der Waals surface area contributed by atoms with E-state index in [0.717, 1.165) is 0 Å². The van der Waals surface area contributed by atoms with Gasteiger partial charge in [-0.15, -0.1) is 0 Å². The second-order valence-electron chi connectivity index (χ2n) is 4.73. The molecule has 8 nitrogen and oxygen atoms in total. The Bertz CT molecular complexity index is 774. The van der Waals surface area contributed by atoms with Gasteiger partial charge in [-0.2, -0.15) is 0 Å². The molecule has 11 heteroatoms. The van der Waals surface area contributed by atoms with Gasteiger partial charge in [0.25, 0.3) is 0 Å². The molecule has 0 aliphatic rings. The van der Waals surface area contributed by atoms with Crippen LogP contribution in [0.15, 0.2) is 48.5 Å². The maximum atomic E-state index is 11.4. The molecular weight excluding hydrogens is 415 g/mol. The predicted molar refractivity (Wildman–Crippen MR) is 94.0 cm³/mol. The average Bonchev–Trinajstić information content (AvgIpc) is 2.55. The van der Waals surface area contributed by atoms with Crippen LogP contribution in [0.5, 0.6) is 0 Å². The number of hydrogen-bond acceptors (Lipinski definition) is 6. The zero-order valence-corrected chi connectivity index (χ0v) is 15.7. The standard InChI is InChI=1S/C8H10AsNO5.C6H6BClO2/c1-6(11)10-8-5-3-2-4-7(8)9(12,13)15-14;8-6-3-1-2-5(4-6)7(9)10/h2-5,14H,1H3,(H,10,11)(H,12,13);1-4,9-10H. The zero-order chi connectivity index (χ0) is 19.0. The normalized spacial score (nSPS) is 12.4. The van der Waals surface area contributed by atoms with Gasteiger partial charge in [-0.1, -0.05) is 23.7 Å². The van der Waals surface area contributed by atoms with Crippen molar-refractivity contribution < 1.29 is 31.8 Å². The van der Waals surface area contributed by atoms with Gasteiger partial charge in [-0.05, 0) is 17.6 Å². The largest absolute Gasteiger partial charge is 0.488 e. The van der Waals surface area contributed by atoms with E-state index in [-0.39, 0.29) is 15.9 Å². The fourth-order valence-corrected chi connectivity index (χ4v) is 3.60. The van der Waals surface area contributed by atoms with Crippen LogP contribution in [0.4, 0.5) is 5.69 Å². The third-order valence-electron chi connectivity index (χ3n) is 2.78. The van der Waals surface area contributed by atoms with Gasteiger partial charge in [-0.3, -0.25) is 0 Å². The molecule has 0 bridgehead atoms. The zero-order valence-electron chi connectivity index (χ0n) is 13.0. The smallest absolute Gasteiger partial charge is 0.423 e. The van der Waals surface area contributed by atoms with Crippen LogP contribution < -0.4 is 15.1 Å². The second-order valence-corrected chi connectivity index (χ2v) is 8.70. The van der Waals surface area contributed by atoms with Crippen molar-refractivity contribution in [3.8, 4) is 0 Å². The summed E-state index contributed by atoms with van der Waals surface area (Å²) in [5.41, 5.74) is 0.566. The van der Waals surface area contributed by atoms with Gasteiger partial charge in [0, 0.05) is 5.02 Å². The molecule has 5 N–H and O–H groups in total. The van der Waals surface area contributed by atoms with E-state index in [1.54, 1.807) is 24.3 Å². The summed E-state index contributed by atoms with van der Waals surface area (Å²) in [6.07, 6.45) is 0. The molecule has 0 spiro atoms. The Morgan fingerprint density at radius 1 is 1.20 bits per heavy atom. The Balaban J connectivity index is 0.000000271. The fourth-order valence-electron chi connectivity index (χ4n) is 1.73. The van der Waals surface area contributed by atoms with Gasteiger partial charge >= 0.3 is 95.5 Å². The minimum absolute atomic E-state index is 0.103. The van der Waals surface area contributed by atoms with Gasteiger partial charge in [0.2, 0.25) is 0 Å². The topological polar surface area (TPSA) is 136 Å². The van der Waals surface area contributed by atoms with Crippen LogP contribution in [0.3, 0.4) is 0 Å². The van der Waals surface area contributed by atoms with Crippen molar-refractivity contribution in [2.24, 2.45) is 0 Å². The summed E-state index contributed by atoms with van der Waals surface area (Å²) in [7, 11) is -1.43. The number of amides is 1. The summed E-state index contributed by atoms with van der Waals surface area (Å²) >= 11 is 0.642. The Kier molecular flexibility index (Phi) is 8.41. The second kappa shape index (κ2) is 9.79. The van der Waals surface area contributed by atoms with Crippen molar-refractivity contribution in [2.75, 3.05) is 5.32 Å². The quantitative estimate of drug-likeness (QED) is 0.255. The molecule has 2 aromatic rings. The van der Waals surface area contributed by atoms with E-state index >= 15 is 0 Å². The Morgan fingerprint density at radius 3 is 2.32 bits per heavy atom. The number of carbonyl (C=O) groups excluding carboxylic acids is 1. The first-order valence-corrected chi connectivity index (χ1v) is 10.5. The van der Waals surface area contributed by atoms with Crippen molar-refractivity contribution in [1.29, 1.82) is 0 Å². The van der Waals surface area contributed by atoms with Crippen LogP contribution in [0.2, 0.25) is 5.02 Å². The summed E-state index contributed by atoms with van der Waals surface area (Å²) in [6.45, 7) is 1.27. The molecular formula is C14H16AsBClNO7. The molecule has 0 heterocycles. The Labute approximate surface area is 152 Å². The van der Waals surface area contributed by atoms with Crippen LogP contribution in [0, 0.1) is 0 Å². The van der Waals surface area contributed by atoms with E-state index < -0.39 is 21.3 Å². The minimum atomic E-state index is -4.92. The van der Waals surface area contributed by atoms with Crippen molar-refractivity contribution in [3.05, 3.63) is 53.6 Å². The molecule has 25 heavy (non-hydrogen) atoms. The molecule has 134 valence electrons. The van der Waals surface area contributed by atoms with Crippen LogP contribution in [-0.2, 0) is 12.4 Å². The van der Waals surface area contributed by atoms with E-state index in [4.69, 9.17) is 26.9 Å². The van der Waals surface area contributed by atoms with Crippen molar-refractivity contribution >= 4 is 54.3 Å². The van der Waals surface area contributed by atoms with E-state index in [9.17, 15) is 12.6 Å². The van der Waals surface area contributed by atoms with Crippen LogP contribution in [-0.4, -0.2) is 46.6 Å². The molecule has 0 aromatic heterocycles. The van der Waals surface area contributed by atoms with Gasteiger partial charge in [0.1, 0.15) is 0 Å². The molecule has 0 fully saturated rings. The van der Waals surface area contributed by atoms with E-state index in [2.05, 4.69) is 9.19 Å². The molecule has 2 aromatic carbocycles. The number of benzene rings is 2. The number of rotatable bonds is 4. The first-order valence-electron chi connectivity index (χ1n) is 6.82. The molecule has 1 amide bonds. The number of anilines is 1. The van der Waals surface area contributed by atoms with Crippen LogP contribution in [0.1, 0.15) is 6.92 Å². The third kappa shape index (κ3) is 7.05. The third-order valence-corrected chi connectivity index (χ3v) is 5.57. The Hall–Kier alpha value is -1.58. The molecule has 0 saturated carbocycles. The summed E-state index contributed by atoms with van der Waals surface area (Å²) < 4.78 is 24.1. The number of hydrogen-bond donors (Lipinski definition) is 5. The molecule has 0 radical (unpaired) electrons. The van der Waals surface area contributed by atoms with Crippen LogP contribution >= 0.6 is 11.6 Å². The van der Waals surface area contributed by atoms with E-state index in [1.165, 1.54) is 31.2 Å². The molecule has 2 rings (SSSR count). The van der Waals surface area contributed by atoms with E-state index in [0.29, 0.717) is 10.5 Å². The van der Waals surface area contributed by atoms with Gasteiger partial charge < -0.3 is 10.0 Å². The average molecular weight is 431 g/mol. The molecule has 1 unspecified atom stereocenters. The maximum Gasteiger partial charge on any atom is 0.488 e. The molecule has 0 saturated heterocycles. The molecule has 0 aliphatic heterocycles. The summed E-state index contributed by atoms with van der Waals surface area (Å²) in [5.74, 6) is -0.379. The Morgan fingerprint density at radius 2 is 1.84 bits per heavy atom. The van der Waals surface area contributed by atoms with Crippen molar-refractivity contribution in [2.45, 2.75) is 6.92 Å². The predicted octanol–water partition coefficient (Wildman–Crippen LogP) is -0.277. The number of carbonyl (C=O) groups is 1. The monoisotopic (exact) mass is 431 g/mol. The van der Waals surface area contributed by atoms with Crippen LogP contribution in [0.25, 0.3) is 0 Å². The molecule has 1 atom stereocenters. The van der Waals surface area contributed by atoms with Gasteiger partial charge in [0.05, 0.1) is 0 Å².